The highest BCUT2D eigenvalue weighted by atomic mass is 19.1. The molecular formula is C13H19FN2O2. The van der Waals surface area contributed by atoms with Crippen molar-refractivity contribution in [2.75, 3.05) is 26.7 Å². The van der Waals surface area contributed by atoms with Gasteiger partial charge in [-0.25, -0.2) is 4.39 Å². The highest BCUT2D eigenvalue weighted by Crippen LogP contribution is 2.17. The van der Waals surface area contributed by atoms with Crippen molar-refractivity contribution >= 4 is 5.91 Å². The Bertz CT molecular complexity index is 397. The maximum atomic E-state index is 13.2. The molecule has 0 aromatic heterocycles. The fourth-order valence-electron chi connectivity index (χ4n) is 1.47. The standard InChI is InChI=1S/C13H19FN2O2/c1-3-6-15-7-8-16-13(17)10-4-5-11(14)12(9-10)18-2/h4-5,9,15H,3,6-8H2,1-2H3,(H,16,17). The number of nitrogens with one attached hydrogen (secondary N) is 2. The van der Waals surface area contributed by atoms with Crippen LogP contribution in [0.4, 0.5) is 4.39 Å². The molecule has 1 aromatic rings. The van der Waals surface area contributed by atoms with Crippen molar-refractivity contribution in [2.24, 2.45) is 0 Å². The van der Waals surface area contributed by atoms with Crippen LogP contribution in [0.3, 0.4) is 0 Å². The Kier molecular flexibility index (Phi) is 6.14. The van der Waals surface area contributed by atoms with Gasteiger partial charge in [-0.05, 0) is 31.2 Å². The summed E-state index contributed by atoms with van der Waals surface area (Å²) in [6.07, 6.45) is 1.06. The minimum absolute atomic E-state index is 0.0757. The van der Waals surface area contributed by atoms with E-state index in [4.69, 9.17) is 4.74 Å². The molecule has 0 radical (unpaired) electrons. The summed E-state index contributed by atoms with van der Waals surface area (Å²) in [6, 6.07) is 4.06. The smallest absolute Gasteiger partial charge is 0.251 e. The van der Waals surface area contributed by atoms with Gasteiger partial charge in [-0.15, -0.1) is 0 Å². The second kappa shape index (κ2) is 7.66. The number of methoxy groups -OCH3 is 1. The molecule has 0 aliphatic carbocycles. The minimum Gasteiger partial charge on any atom is -0.494 e. The monoisotopic (exact) mass is 254 g/mol. The van der Waals surface area contributed by atoms with E-state index in [0.29, 0.717) is 12.1 Å². The largest absolute Gasteiger partial charge is 0.494 e. The molecule has 4 nitrogen and oxygen atoms in total. The molecule has 1 amide bonds. The first kappa shape index (κ1) is 14.4. The molecule has 0 saturated carbocycles. The zero-order valence-electron chi connectivity index (χ0n) is 10.8. The molecule has 18 heavy (non-hydrogen) atoms. The summed E-state index contributed by atoms with van der Waals surface area (Å²) in [5.74, 6) is -0.628. The Balaban J connectivity index is 2.46. The van der Waals surface area contributed by atoms with Crippen LogP contribution in [0, 0.1) is 5.82 Å². The molecule has 1 aromatic carbocycles. The molecule has 0 spiro atoms. The number of hydrogen-bond donors (Lipinski definition) is 2. The maximum absolute atomic E-state index is 13.2. The number of benzene rings is 1. The Morgan fingerprint density at radius 3 is 2.78 bits per heavy atom. The molecule has 0 bridgehead atoms. The second-order valence-electron chi connectivity index (χ2n) is 3.86. The second-order valence-corrected chi connectivity index (χ2v) is 3.86. The summed E-state index contributed by atoms with van der Waals surface area (Å²) in [7, 11) is 1.37. The molecular weight excluding hydrogens is 235 g/mol. The molecule has 1 rings (SSSR count). The Hall–Kier alpha value is -1.62. The molecule has 0 unspecified atom stereocenters. The lowest BCUT2D eigenvalue weighted by atomic mass is 10.2. The van der Waals surface area contributed by atoms with Crippen LogP contribution in [0.2, 0.25) is 0 Å². The summed E-state index contributed by atoms with van der Waals surface area (Å²) in [6.45, 7) is 4.27. The summed E-state index contributed by atoms with van der Waals surface area (Å²) >= 11 is 0. The van der Waals surface area contributed by atoms with Gasteiger partial charge in [0.05, 0.1) is 7.11 Å². The van der Waals surface area contributed by atoms with Crippen molar-refractivity contribution < 1.29 is 13.9 Å². The summed E-state index contributed by atoms with van der Waals surface area (Å²) < 4.78 is 18.0. The van der Waals surface area contributed by atoms with E-state index in [1.54, 1.807) is 0 Å². The number of rotatable bonds is 7. The van der Waals surface area contributed by atoms with E-state index in [-0.39, 0.29) is 11.7 Å². The highest BCUT2D eigenvalue weighted by Gasteiger charge is 2.09. The number of halogens is 1. The van der Waals surface area contributed by atoms with Gasteiger partial charge in [0.1, 0.15) is 0 Å². The van der Waals surface area contributed by atoms with E-state index in [0.717, 1.165) is 19.5 Å². The van der Waals surface area contributed by atoms with Crippen molar-refractivity contribution in [3.63, 3.8) is 0 Å². The molecule has 0 aliphatic heterocycles. The first-order valence-corrected chi connectivity index (χ1v) is 6.01. The van der Waals surface area contributed by atoms with Crippen molar-refractivity contribution in [3.8, 4) is 5.75 Å². The van der Waals surface area contributed by atoms with Crippen molar-refractivity contribution in [3.05, 3.63) is 29.6 Å². The van der Waals surface area contributed by atoms with Gasteiger partial charge in [-0.1, -0.05) is 6.92 Å². The zero-order valence-corrected chi connectivity index (χ0v) is 10.8. The average molecular weight is 254 g/mol. The SMILES string of the molecule is CCCNCCNC(=O)c1ccc(F)c(OC)c1. The van der Waals surface area contributed by atoms with Crippen LogP contribution in [0.1, 0.15) is 23.7 Å². The van der Waals surface area contributed by atoms with Crippen LogP contribution < -0.4 is 15.4 Å². The molecule has 0 saturated heterocycles. The molecule has 5 heteroatoms. The van der Waals surface area contributed by atoms with E-state index in [2.05, 4.69) is 17.6 Å². The molecule has 0 aliphatic rings. The van der Waals surface area contributed by atoms with Crippen LogP contribution in [-0.2, 0) is 0 Å². The van der Waals surface area contributed by atoms with Crippen molar-refractivity contribution in [1.29, 1.82) is 0 Å². The lowest BCUT2D eigenvalue weighted by Gasteiger charge is -2.08. The molecule has 2 N–H and O–H groups in total. The number of carbonyl (C=O) groups excluding carboxylic acids is 1. The third kappa shape index (κ3) is 4.33. The third-order valence-corrected chi connectivity index (χ3v) is 2.43. The summed E-state index contributed by atoms with van der Waals surface area (Å²) in [5.41, 5.74) is 0.392. The van der Waals surface area contributed by atoms with E-state index < -0.39 is 5.82 Å². The zero-order chi connectivity index (χ0) is 13.4. The van der Waals surface area contributed by atoms with E-state index in [1.165, 1.54) is 25.3 Å². The fraction of sp³-hybridized carbons (Fsp3) is 0.462. The Morgan fingerprint density at radius 1 is 1.33 bits per heavy atom. The van der Waals surface area contributed by atoms with Gasteiger partial charge in [0.2, 0.25) is 0 Å². The maximum Gasteiger partial charge on any atom is 0.251 e. The fourth-order valence-corrected chi connectivity index (χ4v) is 1.47. The van der Waals surface area contributed by atoms with Gasteiger partial charge in [0.25, 0.3) is 5.91 Å². The number of carbonyl (C=O) groups is 1. The van der Waals surface area contributed by atoms with Crippen molar-refractivity contribution in [1.82, 2.24) is 10.6 Å². The predicted octanol–water partition coefficient (Wildman–Crippen LogP) is 1.56. The van der Waals surface area contributed by atoms with E-state index in [1.807, 2.05) is 0 Å². The first-order valence-electron chi connectivity index (χ1n) is 6.01. The summed E-state index contributed by atoms with van der Waals surface area (Å²) in [5, 5.41) is 5.92. The van der Waals surface area contributed by atoms with E-state index >= 15 is 0 Å². The van der Waals surface area contributed by atoms with Gasteiger partial charge in [-0.2, -0.15) is 0 Å². The molecule has 0 fully saturated rings. The van der Waals surface area contributed by atoms with E-state index in [9.17, 15) is 9.18 Å². The Labute approximate surface area is 107 Å². The molecule has 0 heterocycles. The van der Waals surface area contributed by atoms with Crippen LogP contribution in [0.15, 0.2) is 18.2 Å². The predicted molar refractivity (Wildman–Crippen MR) is 68.4 cm³/mol. The highest BCUT2D eigenvalue weighted by molar-refractivity contribution is 5.94. The van der Waals surface area contributed by atoms with Crippen LogP contribution in [-0.4, -0.2) is 32.7 Å². The third-order valence-electron chi connectivity index (χ3n) is 2.43. The van der Waals surface area contributed by atoms with Gasteiger partial charge in [-0.3, -0.25) is 4.79 Å². The average Bonchev–Trinajstić information content (AvgIpc) is 2.38. The van der Waals surface area contributed by atoms with Gasteiger partial charge in [0.15, 0.2) is 11.6 Å². The number of hydrogen-bond acceptors (Lipinski definition) is 3. The van der Waals surface area contributed by atoms with Crippen LogP contribution in [0.25, 0.3) is 0 Å². The van der Waals surface area contributed by atoms with Gasteiger partial charge < -0.3 is 15.4 Å². The number of amides is 1. The first-order chi connectivity index (χ1) is 8.69. The van der Waals surface area contributed by atoms with Crippen LogP contribution in [0.5, 0.6) is 5.75 Å². The topological polar surface area (TPSA) is 50.4 Å². The quantitative estimate of drug-likeness (QED) is 0.726. The lowest BCUT2D eigenvalue weighted by Crippen LogP contribution is -2.32. The number of ether oxygens (including phenoxy) is 1. The normalized spacial score (nSPS) is 10.2. The molecule has 0 atom stereocenters. The van der Waals surface area contributed by atoms with Gasteiger partial charge >= 0.3 is 0 Å². The van der Waals surface area contributed by atoms with Gasteiger partial charge in [0, 0.05) is 18.7 Å². The Morgan fingerprint density at radius 2 is 2.11 bits per heavy atom. The van der Waals surface area contributed by atoms with Crippen molar-refractivity contribution in [2.45, 2.75) is 13.3 Å². The van der Waals surface area contributed by atoms with Crippen LogP contribution >= 0.6 is 0 Å². The lowest BCUT2D eigenvalue weighted by molar-refractivity contribution is 0.0953. The minimum atomic E-state index is -0.473. The summed E-state index contributed by atoms with van der Waals surface area (Å²) in [4.78, 5) is 11.7. The molecule has 100 valence electrons.